The predicted octanol–water partition coefficient (Wildman–Crippen LogP) is 1.37. The summed E-state index contributed by atoms with van der Waals surface area (Å²) < 4.78 is 0. The highest BCUT2D eigenvalue weighted by atomic mass is 16.2. The molecule has 0 aromatic rings. The molecule has 2 heterocycles. The number of carbonyl (C=O) groups excluding carboxylic acids is 1. The lowest BCUT2D eigenvalue weighted by Gasteiger charge is -2.41. The zero-order valence-electron chi connectivity index (χ0n) is 10.2. The molecule has 2 fully saturated rings. The molecule has 2 aliphatic heterocycles. The minimum absolute atomic E-state index is 0.0781. The maximum atomic E-state index is 12.2. The second kappa shape index (κ2) is 3.88. The molecule has 0 radical (unpaired) electrons. The van der Waals surface area contributed by atoms with Crippen molar-refractivity contribution in [3.05, 3.63) is 23.9 Å². The summed E-state index contributed by atoms with van der Waals surface area (Å²) in [5, 5.41) is 6.37. The number of hydrogen-bond donors (Lipinski definition) is 2. The Kier molecular flexibility index (Phi) is 2.47. The van der Waals surface area contributed by atoms with Crippen molar-refractivity contribution in [2.75, 3.05) is 13.1 Å². The van der Waals surface area contributed by atoms with Gasteiger partial charge < -0.3 is 15.5 Å². The quantitative estimate of drug-likeness (QED) is 0.718. The van der Waals surface area contributed by atoms with Crippen LogP contribution in [-0.2, 0) is 0 Å². The van der Waals surface area contributed by atoms with Crippen molar-refractivity contribution in [1.82, 2.24) is 15.5 Å². The fourth-order valence-electron chi connectivity index (χ4n) is 3.19. The predicted molar refractivity (Wildman–Crippen MR) is 66.5 cm³/mol. The number of urea groups is 1. The molecule has 4 nitrogen and oxygen atoms in total. The molecule has 0 aromatic carbocycles. The Bertz CT molecular complexity index is 395. The summed E-state index contributed by atoms with van der Waals surface area (Å²) in [6.45, 7) is 4.20. The van der Waals surface area contributed by atoms with E-state index in [0.29, 0.717) is 6.04 Å². The van der Waals surface area contributed by atoms with E-state index in [1.165, 1.54) is 0 Å². The van der Waals surface area contributed by atoms with Gasteiger partial charge in [0, 0.05) is 11.7 Å². The summed E-state index contributed by atoms with van der Waals surface area (Å²) in [4.78, 5) is 14.2. The monoisotopic (exact) mass is 233 g/mol. The first-order chi connectivity index (χ1) is 8.22. The third-order valence-electron chi connectivity index (χ3n) is 4.16. The van der Waals surface area contributed by atoms with Gasteiger partial charge in [0.25, 0.3) is 0 Å². The number of rotatable bonds is 1. The number of nitrogens with one attached hydrogen (secondary N) is 2. The molecule has 2 N–H and O–H groups in total. The lowest BCUT2D eigenvalue weighted by Crippen LogP contribution is -2.53. The van der Waals surface area contributed by atoms with Crippen LogP contribution in [0.2, 0.25) is 0 Å². The van der Waals surface area contributed by atoms with Crippen molar-refractivity contribution in [2.24, 2.45) is 0 Å². The molecule has 1 unspecified atom stereocenters. The number of piperidine rings is 1. The molecule has 0 aromatic heterocycles. The topological polar surface area (TPSA) is 44.4 Å². The molecule has 3 aliphatic rings. The second-order valence-corrected chi connectivity index (χ2v) is 5.27. The highest BCUT2D eigenvalue weighted by Crippen LogP contribution is 2.38. The summed E-state index contributed by atoms with van der Waals surface area (Å²) in [5.41, 5.74) is 0.914. The molecule has 3 rings (SSSR count). The van der Waals surface area contributed by atoms with E-state index in [4.69, 9.17) is 0 Å². The summed E-state index contributed by atoms with van der Waals surface area (Å²) in [6, 6.07) is 0.452. The molecule has 0 spiro atoms. The van der Waals surface area contributed by atoms with Crippen LogP contribution in [0.1, 0.15) is 26.2 Å². The minimum atomic E-state index is -0.145. The van der Waals surface area contributed by atoms with Crippen molar-refractivity contribution in [3.8, 4) is 0 Å². The summed E-state index contributed by atoms with van der Waals surface area (Å²) in [7, 11) is 0. The van der Waals surface area contributed by atoms with Gasteiger partial charge in [0.1, 0.15) is 0 Å². The van der Waals surface area contributed by atoms with Gasteiger partial charge in [-0.1, -0.05) is 12.2 Å². The number of carbonyl (C=O) groups is 1. The van der Waals surface area contributed by atoms with Crippen molar-refractivity contribution in [1.29, 1.82) is 0 Å². The van der Waals surface area contributed by atoms with E-state index in [2.05, 4.69) is 28.5 Å². The van der Waals surface area contributed by atoms with Crippen LogP contribution in [-0.4, -0.2) is 35.6 Å². The Morgan fingerprint density at radius 1 is 1.41 bits per heavy atom. The van der Waals surface area contributed by atoms with Gasteiger partial charge >= 0.3 is 6.03 Å². The van der Waals surface area contributed by atoms with Gasteiger partial charge in [-0.2, -0.15) is 0 Å². The molecule has 0 saturated carbocycles. The molecule has 4 heteroatoms. The molecule has 2 amide bonds. The average molecular weight is 233 g/mol. The first kappa shape index (κ1) is 10.8. The van der Waals surface area contributed by atoms with E-state index in [-0.39, 0.29) is 11.6 Å². The van der Waals surface area contributed by atoms with Crippen molar-refractivity contribution in [2.45, 2.75) is 37.8 Å². The summed E-state index contributed by atoms with van der Waals surface area (Å²) in [6.07, 6.45) is 9.24. The highest BCUT2D eigenvalue weighted by Gasteiger charge is 2.48. The number of allylic oxidation sites excluding steroid dienone is 2. The minimum Gasteiger partial charge on any atom is -0.317 e. The zero-order chi connectivity index (χ0) is 11.9. The van der Waals surface area contributed by atoms with Crippen LogP contribution < -0.4 is 10.6 Å². The molecule has 17 heavy (non-hydrogen) atoms. The van der Waals surface area contributed by atoms with Gasteiger partial charge in [-0.25, -0.2) is 4.79 Å². The Labute approximate surface area is 102 Å². The fourth-order valence-corrected chi connectivity index (χ4v) is 3.19. The van der Waals surface area contributed by atoms with Gasteiger partial charge in [-0.05, 0) is 45.4 Å². The Morgan fingerprint density at radius 3 is 2.94 bits per heavy atom. The molecule has 1 aliphatic carbocycles. The number of fused-ring (bicyclic) bond motifs is 1. The zero-order valence-corrected chi connectivity index (χ0v) is 10.2. The van der Waals surface area contributed by atoms with Crippen LogP contribution in [0.4, 0.5) is 4.79 Å². The molecular formula is C13H19N3O. The van der Waals surface area contributed by atoms with E-state index >= 15 is 0 Å². The van der Waals surface area contributed by atoms with Crippen LogP contribution in [0.15, 0.2) is 23.9 Å². The van der Waals surface area contributed by atoms with Crippen LogP contribution in [0.25, 0.3) is 0 Å². The lowest BCUT2D eigenvalue weighted by atomic mass is 9.87. The Morgan fingerprint density at radius 2 is 2.18 bits per heavy atom. The maximum absolute atomic E-state index is 12.2. The van der Waals surface area contributed by atoms with Crippen molar-refractivity contribution in [3.63, 3.8) is 0 Å². The fraction of sp³-hybridized carbons (Fsp3) is 0.615. The summed E-state index contributed by atoms with van der Waals surface area (Å²) >= 11 is 0. The van der Waals surface area contributed by atoms with E-state index in [0.717, 1.165) is 38.0 Å². The average Bonchev–Trinajstić information content (AvgIpc) is 2.60. The van der Waals surface area contributed by atoms with Crippen molar-refractivity contribution < 1.29 is 4.79 Å². The first-order valence-corrected chi connectivity index (χ1v) is 6.40. The van der Waals surface area contributed by atoms with Crippen LogP contribution in [0.3, 0.4) is 0 Å². The van der Waals surface area contributed by atoms with Crippen molar-refractivity contribution >= 4 is 6.03 Å². The van der Waals surface area contributed by atoms with Gasteiger partial charge in [-0.15, -0.1) is 0 Å². The van der Waals surface area contributed by atoms with E-state index < -0.39 is 0 Å². The van der Waals surface area contributed by atoms with Crippen LogP contribution in [0, 0.1) is 0 Å². The lowest BCUT2D eigenvalue weighted by molar-refractivity contribution is 0.119. The van der Waals surface area contributed by atoms with Gasteiger partial charge in [0.05, 0.1) is 5.54 Å². The van der Waals surface area contributed by atoms with E-state index in [1.54, 1.807) is 0 Å². The van der Waals surface area contributed by atoms with Gasteiger partial charge in [-0.3, -0.25) is 0 Å². The third-order valence-corrected chi connectivity index (χ3v) is 4.16. The maximum Gasteiger partial charge on any atom is 0.322 e. The second-order valence-electron chi connectivity index (χ2n) is 5.27. The number of amides is 2. The van der Waals surface area contributed by atoms with E-state index in [1.807, 2.05) is 12.2 Å². The highest BCUT2D eigenvalue weighted by molar-refractivity contribution is 5.82. The normalized spacial score (nSPS) is 33.4. The molecule has 92 valence electrons. The molecule has 1 atom stereocenters. The van der Waals surface area contributed by atoms with E-state index in [9.17, 15) is 4.79 Å². The Hall–Kier alpha value is -1.29. The Balaban J connectivity index is 1.90. The molecule has 2 saturated heterocycles. The third kappa shape index (κ3) is 1.59. The molecular weight excluding hydrogens is 214 g/mol. The number of nitrogens with zero attached hydrogens (tertiary/aromatic N) is 1. The van der Waals surface area contributed by atoms with Gasteiger partial charge in [0.2, 0.25) is 0 Å². The standard InChI is InChI=1S/C13H19N3O/c1-13-7-3-2-4-11(13)15-12(17)16(13)10-5-8-14-9-6-10/h2-4,10,14H,5-9H2,1H3,(H,15,17). The molecule has 0 bridgehead atoms. The number of hydrogen-bond acceptors (Lipinski definition) is 2. The van der Waals surface area contributed by atoms with Gasteiger partial charge in [0.15, 0.2) is 0 Å². The van der Waals surface area contributed by atoms with Crippen LogP contribution >= 0.6 is 0 Å². The van der Waals surface area contributed by atoms with Crippen LogP contribution in [0.5, 0.6) is 0 Å². The largest absolute Gasteiger partial charge is 0.322 e. The first-order valence-electron chi connectivity index (χ1n) is 6.40. The SMILES string of the molecule is CC12CC=CC=C1NC(=O)N2C1CCNCC1. The summed E-state index contributed by atoms with van der Waals surface area (Å²) in [5.74, 6) is 0. The smallest absolute Gasteiger partial charge is 0.317 e.